The number of thiazole rings is 1. The normalized spacial score (nSPS) is 10.1. The second kappa shape index (κ2) is 3.54. The molecule has 7 heteroatoms. The Labute approximate surface area is 82.9 Å². The van der Waals surface area contributed by atoms with Crippen molar-refractivity contribution < 1.29 is 9.53 Å². The standard InChI is InChI=1S/C7H6N4O2S/c1-13-7(12)5-4(9-11-10-5)6-8-2-3-14-6/h2-3H,1H3,(H,9,10,11). The van der Waals surface area contributed by atoms with E-state index < -0.39 is 5.97 Å². The van der Waals surface area contributed by atoms with Crippen molar-refractivity contribution in [1.82, 2.24) is 20.4 Å². The zero-order valence-corrected chi connectivity index (χ0v) is 8.04. The van der Waals surface area contributed by atoms with Crippen LogP contribution in [0.1, 0.15) is 10.5 Å². The van der Waals surface area contributed by atoms with Crippen molar-refractivity contribution in [3.8, 4) is 10.7 Å². The summed E-state index contributed by atoms with van der Waals surface area (Å²) in [5, 5.41) is 12.3. The van der Waals surface area contributed by atoms with Gasteiger partial charge in [0.05, 0.1) is 7.11 Å². The van der Waals surface area contributed by atoms with E-state index in [-0.39, 0.29) is 5.69 Å². The summed E-state index contributed by atoms with van der Waals surface area (Å²) in [4.78, 5) is 15.2. The molecule has 0 bridgehead atoms. The Morgan fingerprint density at radius 2 is 2.43 bits per heavy atom. The minimum Gasteiger partial charge on any atom is -0.464 e. The molecule has 0 spiro atoms. The van der Waals surface area contributed by atoms with E-state index >= 15 is 0 Å². The lowest BCUT2D eigenvalue weighted by molar-refractivity contribution is 0.0595. The zero-order valence-electron chi connectivity index (χ0n) is 7.22. The third-order valence-corrected chi connectivity index (χ3v) is 2.34. The first-order valence-corrected chi connectivity index (χ1v) is 4.60. The number of ether oxygens (including phenoxy) is 1. The molecule has 0 fully saturated rings. The summed E-state index contributed by atoms with van der Waals surface area (Å²) < 4.78 is 4.55. The van der Waals surface area contributed by atoms with Gasteiger partial charge in [0.2, 0.25) is 5.69 Å². The van der Waals surface area contributed by atoms with Crippen LogP contribution in [0.4, 0.5) is 0 Å². The second-order valence-corrected chi connectivity index (χ2v) is 3.24. The predicted molar refractivity (Wildman–Crippen MR) is 48.8 cm³/mol. The molecule has 0 saturated carbocycles. The zero-order chi connectivity index (χ0) is 9.97. The molecule has 2 aromatic heterocycles. The van der Waals surface area contributed by atoms with E-state index in [0.29, 0.717) is 10.7 Å². The quantitative estimate of drug-likeness (QED) is 0.738. The molecule has 0 aliphatic carbocycles. The first kappa shape index (κ1) is 8.82. The molecule has 0 aromatic carbocycles. The minimum atomic E-state index is -0.524. The Balaban J connectivity index is 2.45. The van der Waals surface area contributed by atoms with Gasteiger partial charge in [-0.05, 0) is 0 Å². The maximum Gasteiger partial charge on any atom is 0.361 e. The van der Waals surface area contributed by atoms with Crippen molar-refractivity contribution in [2.24, 2.45) is 0 Å². The smallest absolute Gasteiger partial charge is 0.361 e. The van der Waals surface area contributed by atoms with Crippen LogP contribution in [0.3, 0.4) is 0 Å². The Kier molecular flexibility index (Phi) is 2.23. The highest BCUT2D eigenvalue weighted by Crippen LogP contribution is 2.21. The molecule has 72 valence electrons. The Morgan fingerprint density at radius 1 is 1.57 bits per heavy atom. The molecular formula is C7H6N4O2S. The van der Waals surface area contributed by atoms with Crippen molar-refractivity contribution in [2.45, 2.75) is 0 Å². The molecule has 1 N–H and O–H groups in total. The molecule has 2 rings (SSSR count). The number of methoxy groups -OCH3 is 1. The number of aromatic amines is 1. The van der Waals surface area contributed by atoms with Gasteiger partial charge in [0.15, 0.2) is 5.69 Å². The van der Waals surface area contributed by atoms with Crippen LogP contribution < -0.4 is 0 Å². The van der Waals surface area contributed by atoms with Crippen molar-refractivity contribution in [3.05, 3.63) is 17.3 Å². The molecule has 0 radical (unpaired) electrons. The summed E-state index contributed by atoms with van der Waals surface area (Å²) in [5.74, 6) is -0.524. The minimum absolute atomic E-state index is 0.155. The SMILES string of the molecule is COC(=O)c1n[nH]nc1-c1nccs1. The highest BCUT2D eigenvalue weighted by Gasteiger charge is 2.19. The second-order valence-electron chi connectivity index (χ2n) is 2.35. The lowest BCUT2D eigenvalue weighted by Gasteiger charge is -1.94. The summed E-state index contributed by atoms with van der Waals surface area (Å²) >= 11 is 1.38. The Morgan fingerprint density at radius 3 is 3.07 bits per heavy atom. The number of esters is 1. The molecule has 0 amide bonds. The van der Waals surface area contributed by atoms with E-state index in [2.05, 4.69) is 25.1 Å². The number of hydrogen-bond donors (Lipinski definition) is 1. The van der Waals surface area contributed by atoms with E-state index in [1.54, 1.807) is 11.6 Å². The maximum atomic E-state index is 11.2. The van der Waals surface area contributed by atoms with Gasteiger partial charge in [-0.1, -0.05) is 0 Å². The molecule has 0 aliphatic heterocycles. The largest absolute Gasteiger partial charge is 0.464 e. The van der Waals surface area contributed by atoms with Crippen LogP contribution >= 0.6 is 11.3 Å². The van der Waals surface area contributed by atoms with Gasteiger partial charge >= 0.3 is 5.97 Å². The van der Waals surface area contributed by atoms with E-state index in [1.807, 2.05) is 0 Å². The number of hydrogen-bond acceptors (Lipinski definition) is 6. The monoisotopic (exact) mass is 210 g/mol. The maximum absolute atomic E-state index is 11.2. The topological polar surface area (TPSA) is 80.8 Å². The molecule has 2 aromatic rings. The van der Waals surface area contributed by atoms with Crippen LogP contribution in [0.25, 0.3) is 10.7 Å². The predicted octanol–water partition coefficient (Wildman–Crippen LogP) is 0.715. The summed E-state index contributed by atoms with van der Waals surface area (Å²) in [7, 11) is 1.29. The molecule has 6 nitrogen and oxygen atoms in total. The highest BCUT2D eigenvalue weighted by molar-refractivity contribution is 7.13. The highest BCUT2D eigenvalue weighted by atomic mass is 32.1. The molecule has 0 unspecified atom stereocenters. The summed E-state index contributed by atoms with van der Waals surface area (Å²) in [6.07, 6.45) is 1.63. The van der Waals surface area contributed by atoms with Gasteiger partial charge in [-0.15, -0.1) is 16.4 Å². The van der Waals surface area contributed by atoms with Gasteiger partial charge < -0.3 is 4.74 Å². The summed E-state index contributed by atoms with van der Waals surface area (Å²) in [6.45, 7) is 0. The van der Waals surface area contributed by atoms with Crippen molar-refractivity contribution in [1.29, 1.82) is 0 Å². The number of rotatable bonds is 2. The third-order valence-electron chi connectivity index (χ3n) is 1.56. The Hall–Kier alpha value is -1.76. The summed E-state index contributed by atoms with van der Waals surface area (Å²) in [5.41, 5.74) is 0.578. The van der Waals surface area contributed by atoms with Gasteiger partial charge in [0, 0.05) is 11.6 Å². The van der Waals surface area contributed by atoms with Crippen molar-refractivity contribution in [2.75, 3.05) is 7.11 Å². The Bertz CT molecular complexity index is 436. The number of carbonyl (C=O) groups is 1. The fourth-order valence-corrected chi connectivity index (χ4v) is 1.59. The van der Waals surface area contributed by atoms with Crippen LogP contribution in [0.2, 0.25) is 0 Å². The molecular weight excluding hydrogens is 204 g/mol. The third kappa shape index (κ3) is 1.37. The van der Waals surface area contributed by atoms with E-state index in [9.17, 15) is 4.79 Å². The van der Waals surface area contributed by atoms with Crippen LogP contribution in [0.5, 0.6) is 0 Å². The molecule has 14 heavy (non-hydrogen) atoms. The fraction of sp³-hybridized carbons (Fsp3) is 0.143. The van der Waals surface area contributed by atoms with Crippen molar-refractivity contribution in [3.63, 3.8) is 0 Å². The van der Waals surface area contributed by atoms with Crippen LogP contribution in [-0.4, -0.2) is 33.5 Å². The average Bonchev–Trinajstić information content (AvgIpc) is 2.85. The van der Waals surface area contributed by atoms with Gasteiger partial charge in [-0.3, -0.25) is 0 Å². The van der Waals surface area contributed by atoms with E-state index in [4.69, 9.17) is 0 Å². The molecule has 0 atom stereocenters. The number of nitrogens with one attached hydrogen (secondary N) is 1. The number of carbonyl (C=O) groups excluding carboxylic acids is 1. The number of aromatic nitrogens is 4. The van der Waals surface area contributed by atoms with E-state index in [1.165, 1.54) is 18.4 Å². The van der Waals surface area contributed by atoms with Crippen molar-refractivity contribution >= 4 is 17.3 Å². The lowest BCUT2D eigenvalue weighted by atomic mass is 10.3. The number of nitrogens with zero attached hydrogens (tertiary/aromatic N) is 3. The fourth-order valence-electron chi connectivity index (χ4n) is 0.959. The molecule has 0 aliphatic rings. The van der Waals surface area contributed by atoms with Crippen LogP contribution in [-0.2, 0) is 4.74 Å². The molecule has 2 heterocycles. The van der Waals surface area contributed by atoms with Gasteiger partial charge in [-0.2, -0.15) is 10.3 Å². The lowest BCUT2D eigenvalue weighted by Crippen LogP contribution is -2.03. The van der Waals surface area contributed by atoms with E-state index in [0.717, 1.165) is 0 Å². The first-order chi connectivity index (χ1) is 6.83. The first-order valence-electron chi connectivity index (χ1n) is 3.72. The van der Waals surface area contributed by atoms with Gasteiger partial charge in [-0.25, -0.2) is 9.78 Å². The van der Waals surface area contributed by atoms with Crippen LogP contribution in [0, 0.1) is 0 Å². The summed E-state index contributed by atoms with van der Waals surface area (Å²) in [6, 6.07) is 0. The van der Waals surface area contributed by atoms with Crippen LogP contribution in [0.15, 0.2) is 11.6 Å². The molecule has 0 saturated heterocycles. The average molecular weight is 210 g/mol. The van der Waals surface area contributed by atoms with Gasteiger partial charge in [0.25, 0.3) is 0 Å². The van der Waals surface area contributed by atoms with Gasteiger partial charge in [0.1, 0.15) is 5.01 Å². The number of H-pyrrole nitrogens is 1.